The molecule has 1 heterocycles. The van der Waals surface area contributed by atoms with Crippen LogP contribution < -0.4 is 25.4 Å². The average Bonchev–Trinajstić information content (AvgIpc) is 3.24. The molecule has 35 heavy (non-hydrogen) atoms. The molecule has 0 saturated carbocycles. The second-order valence-corrected chi connectivity index (χ2v) is 8.66. The van der Waals surface area contributed by atoms with Crippen molar-refractivity contribution in [3.8, 4) is 17.2 Å². The van der Waals surface area contributed by atoms with Gasteiger partial charge in [0.25, 0.3) is 0 Å². The quantitative estimate of drug-likeness (QED) is 0.200. The van der Waals surface area contributed by atoms with Gasteiger partial charge in [-0.25, -0.2) is 5.43 Å². The Balaban J connectivity index is 1.41. The molecule has 0 aliphatic carbocycles. The van der Waals surface area contributed by atoms with Gasteiger partial charge in [-0.3, -0.25) is 4.79 Å². The molecule has 1 amide bonds. The van der Waals surface area contributed by atoms with Gasteiger partial charge in [0.1, 0.15) is 24.0 Å². The molecule has 0 unspecified atom stereocenters. The Kier molecular flexibility index (Phi) is 10.1. The zero-order valence-electron chi connectivity index (χ0n) is 19.3. The molecular weight excluding hydrogens is 494 g/mol. The summed E-state index contributed by atoms with van der Waals surface area (Å²) in [6.07, 6.45) is 1.48. The average molecular weight is 520 g/mol. The first-order chi connectivity index (χ1) is 16.9. The van der Waals surface area contributed by atoms with Crippen molar-refractivity contribution in [1.29, 1.82) is 0 Å². The van der Waals surface area contributed by atoms with Crippen LogP contribution in [-0.2, 0) is 16.0 Å². The first-order valence-corrected chi connectivity index (χ1v) is 11.8. The predicted octanol–water partition coefficient (Wildman–Crippen LogP) is 3.26. The lowest BCUT2D eigenvalue weighted by atomic mass is 10.2. The van der Waals surface area contributed by atoms with E-state index in [1.165, 1.54) is 18.9 Å². The number of carbonyl (C=O) groups excluding carboxylic acids is 1. The normalized spacial score (nSPS) is 10.9. The summed E-state index contributed by atoms with van der Waals surface area (Å²) in [5.74, 6) is 1.28. The maximum atomic E-state index is 11.9. The molecule has 0 aliphatic rings. The molecule has 0 atom stereocenters. The van der Waals surface area contributed by atoms with Gasteiger partial charge in [-0.15, -0.1) is 10.2 Å². The number of aryl methyl sites for hydroxylation is 1. The molecule has 0 aliphatic heterocycles. The van der Waals surface area contributed by atoms with Crippen LogP contribution in [0.3, 0.4) is 0 Å². The second kappa shape index (κ2) is 13.5. The number of methoxy groups -OCH3 is 1. The van der Waals surface area contributed by atoms with Gasteiger partial charge >= 0.3 is 0 Å². The minimum atomic E-state index is -0.348. The topological polar surface area (TPSA) is 130 Å². The Morgan fingerprint density at radius 1 is 1.14 bits per heavy atom. The van der Waals surface area contributed by atoms with Crippen LogP contribution in [-0.4, -0.2) is 55.9 Å². The lowest BCUT2D eigenvalue weighted by molar-refractivity contribution is -0.120. The van der Waals surface area contributed by atoms with E-state index in [-0.39, 0.29) is 18.9 Å². The van der Waals surface area contributed by atoms with E-state index in [4.69, 9.17) is 36.3 Å². The van der Waals surface area contributed by atoms with Gasteiger partial charge in [-0.1, -0.05) is 40.6 Å². The number of halogens is 1. The van der Waals surface area contributed by atoms with Crippen LogP contribution >= 0.6 is 22.9 Å². The summed E-state index contributed by atoms with van der Waals surface area (Å²) in [7, 11) is 1.51. The summed E-state index contributed by atoms with van der Waals surface area (Å²) in [6.45, 7) is 3.52. The van der Waals surface area contributed by atoms with E-state index in [9.17, 15) is 4.79 Å². The lowest BCUT2D eigenvalue weighted by Gasteiger charge is -2.13. The van der Waals surface area contributed by atoms with Crippen LogP contribution in [0.2, 0.25) is 5.02 Å². The number of aromatic nitrogens is 2. The van der Waals surface area contributed by atoms with Gasteiger partial charge in [0.05, 0.1) is 38.0 Å². The minimum Gasteiger partial charge on any atom is -0.493 e. The van der Waals surface area contributed by atoms with Crippen molar-refractivity contribution in [2.24, 2.45) is 5.10 Å². The standard InChI is InChI=1S/C23H26ClN5O5S/c1-15-3-5-17(6-4-15)33-9-7-32-8-10-34-22-18(24)11-16(12-19(22)31-2)14-26-27-20(30)13-21-28-29-23(25)35-21/h3-6,11-12,14H,7-10,13H2,1-2H3,(H2,25,29)(H,27,30)/b26-14+. The van der Waals surface area contributed by atoms with E-state index in [0.717, 1.165) is 17.1 Å². The number of hydrazone groups is 1. The van der Waals surface area contributed by atoms with Crippen molar-refractivity contribution >= 4 is 40.2 Å². The highest BCUT2D eigenvalue weighted by Gasteiger charge is 2.12. The van der Waals surface area contributed by atoms with Crippen LogP contribution in [0.15, 0.2) is 41.5 Å². The third-order valence-electron chi connectivity index (χ3n) is 4.44. The Hall–Kier alpha value is -3.41. The number of rotatable bonds is 13. The van der Waals surface area contributed by atoms with Crippen LogP contribution in [0.25, 0.3) is 0 Å². The van der Waals surface area contributed by atoms with Crippen molar-refractivity contribution in [2.75, 3.05) is 39.3 Å². The third-order valence-corrected chi connectivity index (χ3v) is 5.47. The van der Waals surface area contributed by atoms with E-state index >= 15 is 0 Å². The fourth-order valence-electron chi connectivity index (χ4n) is 2.81. The predicted molar refractivity (Wildman–Crippen MR) is 135 cm³/mol. The van der Waals surface area contributed by atoms with Crippen LogP contribution in [0.5, 0.6) is 17.2 Å². The van der Waals surface area contributed by atoms with Gasteiger partial charge in [-0.05, 0) is 36.8 Å². The molecule has 3 rings (SSSR count). The monoisotopic (exact) mass is 519 g/mol. The molecular formula is C23H26ClN5O5S. The van der Waals surface area contributed by atoms with Crippen LogP contribution in [0, 0.1) is 6.92 Å². The largest absolute Gasteiger partial charge is 0.493 e. The smallest absolute Gasteiger partial charge is 0.247 e. The molecule has 12 heteroatoms. The summed E-state index contributed by atoms with van der Waals surface area (Å²) < 4.78 is 22.3. The maximum Gasteiger partial charge on any atom is 0.247 e. The highest BCUT2D eigenvalue weighted by atomic mass is 35.5. The zero-order valence-corrected chi connectivity index (χ0v) is 20.9. The van der Waals surface area contributed by atoms with Crippen molar-refractivity contribution in [2.45, 2.75) is 13.3 Å². The molecule has 0 spiro atoms. The molecule has 3 aromatic rings. The summed E-state index contributed by atoms with van der Waals surface area (Å²) in [4.78, 5) is 11.9. The van der Waals surface area contributed by atoms with Gasteiger partial charge < -0.3 is 24.7 Å². The number of anilines is 1. The van der Waals surface area contributed by atoms with Gasteiger partial charge in [0.2, 0.25) is 11.0 Å². The van der Waals surface area contributed by atoms with Crippen LogP contribution in [0.1, 0.15) is 16.1 Å². The van der Waals surface area contributed by atoms with E-state index in [2.05, 4.69) is 20.7 Å². The SMILES string of the molecule is COc1cc(/C=N/NC(=O)Cc2nnc(N)s2)cc(Cl)c1OCCOCCOc1ccc(C)cc1. The Labute approximate surface area is 212 Å². The number of carbonyl (C=O) groups is 1. The van der Waals surface area contributed by atoms with E-state index < -0.39 is 0 Å². The molecule has 0 bridgehead atoms. The molecule has 0 radical (unpaired) electrons. The molecule has 2 aromatic carbocycles. The number of benzene rings is 2. The number of nitrogens with one attached hydrogen (secondary N) is 1. The van der Waals surface area contributed by atoms with Gasteiger partial charge in [-0.2, -0.15) is 5.10 Å². The number of hydrogen-bond acceptors (Lipinski definition) is 10. The minimum absolute atomic E-state index is 0.0310. The first kappa shape index (κ1) is 26.2. The first-order valence-electron chi connectivity index (χ1n) is 10.6. The molecule has 3 N–H and O–H groups in total. The lowest BCUT2D eigenvalue weighted by Crippen LogP contribution is -2.19. The fourth-order valence-corrected chi connectivity index (χ4v) is 3.69. The summed E-state index contributed by atoms with van der Waals surface area (Å²) in [5.41, 5.74) is 9.72. The maximum absolute atomic E-state index is 11.9. The highest BCUT2D eigenvalue weighted by Crippen LogP contribution is 2.36. The van der Waals surface area contributed by atoms with E-state index in [1.807, 2.05) is 31.2 Å². The third kappa shape index (κ3) is 8.71. The van der Waals surface area contributed by atoms with Crippen LogP contribution in [0.4, 0.5) is 5.13 Å². The van der Waals surface area contributed by atoms with E-state index in [1.54, 1.807) is 12.1 Å². The molecule has 0 saturated heterocycles. The summed E-state index contributed by atoms with van der Waals surface area (Å²) in [6, 6.07) is 11.2. The van der Waals surface area contributed by atoms with Crippen molar-refractivity contribution in [3.63, 3.8) is 0 Å². The Morgan fingerprint density at radius 2 is 1.89 bits per heavy atom. The highest BCUT2D eigenvalue weighted by molar-refractivity contribution is 7.15. The van der Waals surface area contributed by atoms with Crippen molar-refractivity contribution in [3.05, 3.63) is 57.6 Å². The summed E-state index contributed by atoms with van der Waals surface area (Å²) >= 11 is 7.51. The Bertz CT molecular complexity index is 1140. The summed E-state index contributed by atoms with van der Waals surface area (Å²) in [5, 5.41) is 12.5. The molecule has 186 valence electrons. The van der Waals surface area contributed by atoms with Gasteiger partial charge in [0.15, 0.2) is 11.5 Å². The number of nitrogens with zero attached hydrogens (tertiary/aromatic N) is 3. The van der Waals surface area contributed by atoms with Crippen molar-refractivity contribution in [1.82, 2.24) is 15.6 Å². The molecule has 0 fully saturated rings. The number of nitrogens with two attached hydrogens (primary N) is 1. The fraction of sp³-hybridized carbons (Fsp3) is 0.304. The number of ether oxygens (including phenoxy) is 4. The molecule has 1 aromatic heterocycles. The zero-order chi connectivity index (χ0) is 25.0. The number of nitrogen functional groups attached to an aromatic ring is 1. The molecule has 10 nitrogen and oxygen atoms in total. The van der Waals surface area contributed by atoms with Crippen molar-refractivity contribution < 1.29 is 23.7 Å². The number of hydrogen-bond donors (Lipinski definition) is 2. The second-order valence-electron chi connectivity index (χ2n) is 7.16. The number of amides is 1. The van der Waals surface area contributed by atoms with Gasteiger partial charge in [0, 0.05) is 0 Å². The van der Waals surface area contributed by atoms with E-state index in [0.29, 0.717) is 52.0 Å². The Morgan fingerprint density at radius 3 is 2.57 bits per heavy atom.